The summed E-state index contributed by atoms with van der Waals surface area (Å²) in [6, 6.07) is 0. The Morgan fingerprint density at radius 2 is 1.25 bits per heavy atom. The van der Waals surface area contributed by atoms with E-state index in [2.05, 4.69) is 23.3 Å². The predicted molar refractivity (Wildman–Crippen MR) is 25.1 cm³/mol. The van der Waals surface area contributed by atoms with Gasteiger partial charge < -0.3 is 4.79 Å². The van der Waals surface area contributed by atoms with Crippen LogP contribution in [-0.2, 0) is 4.79 Å². The van der Waals surface area contributed by atoms with Crippen molar-refractivity contribution in [3.63, 3.8) is 0 Å². The van der Waals surface area contributed by atoms with Gasteiger partial charge >= 0.3 is 0 Å². The molecule has 26 valence electrons. The second kappa shape index (κ2) is 138. The molecule has 3 heteroatoms. The number of thiol groups is 2. The first-order valence-corrected chi connectivity index (χ1v) is 2.09. The maximum atomic E-state index is 8.00. The van der Waals surface area contributed by atoms with Crippen LogP contribution in [0.15, 0.2) is 0 Å². The molecule has 0 aliphatic rings. The third kappa shape index (κ3) is 32.5. The van der Waals surface area contributed by atoms with Crippen molar-refractivity contribution < 1.29 is 4.79 Å². The highest BCUT2D eigenvalue weighted by molar-refractivity contribution is 8.59. The lowest BCUT2D eigenvalue weighted by Gasteiger charge is -1.11. The molecule has 0 aliphatic carbocycles. The van der Waals surface area contributed by atoms with E-state index in [-0.39, 0.29) is 0 Å². The van der Waals surface area contributed by atoms with Crippen LogP contribution in [0, 0.1) is 0 Å². The Morgan fingerprint density at radius 1 is 1.25 bits per heavy atom. The summed E-state index contributed by atoms with van der Waals surface area (Å²) in [7, 11) is 0. The second-order valence-electron chi connectivity index (χ2n) is 0. The summed E-state index contributed by atoms with van der Waals surface area (Å²) < 4.78 is 0. The molecule has 0 atom stereocenters. The van der Waals surface area contributed by atoms with E-state index in [4.69, 9.17) is 4.79 Å². The van der Waals surface area contributed by atoms with E-state index in [1.54, 1.807) is 0 Å². The molecule has 0 N–H and O–H groups in total. The van der Waals surface area contributed by atoms with Gasteiger partial charge in [0.1, 0.15) is 6.79 Å². The fraction of sp³-hybridized carbons (Fsp3) is 0. The van der Waals surface area contributed by atoms with Gasteiger partial charge in [-0.05, 0) is 0 Å². The number of hydrogen-bond acceptors (Lipinski definition) is 3. The molecular formula is CH4OS2. The lowest BCUT2D eigenvalue weighted by atomic mass is 11.9. The molecule has 0 aliphatic heterocycles. The van der Waals surface area contributed by atoms with Crippen LogP contribution in [0.4, 0.5) is 0 Å². The standard InChI is InChI=1S/CH2O.H2S2/c2*1-2/h1H2;1-2H. The normalized spacial score (nSPS) is 2.50. The van der Waals surface area contributed by atoms with Gasteiger partial charge in [-0.1, -0.05) is 0 Å². The molecule has 0 saturated heterocycles. The molecule has 1 nitrogen and oxygen atoms in total. The van der Waals surface area contributed by atoms with Gasteiger partial charge in [-0.3, -0.25) is 0 Å². The van der Waals surface area contributed by atoms with E-state index < -0.39 is 0 Å². The molecule has 0 saturated carbocycles. The van der Waals surface area contributed by atoms with Crippen molar-refractivity contribution in [2.75, 3.05) is 0 Å². The van der Waals surface area contributed by atoms with Crippen LogP contribution in [0.25, 0.3) is 0 Å². The third-order valence-corrected chi connectivity index (χ3v) is 0. The van der Waals surface area contributed by atoms with E-state index >= 15 is 0 Å². The highest BCUT2D eigenvalue weighted by atomic mass is 33.1. The molecule has 0 bridgehead atoms. The molecule has 0 aromatic carbocycles. The Labute approximate surface area is 35.6 Å². The molecule has 0 unspecified atom stereocenters. The van der Waals surface area contributed by atoms with Crippen molar-refractivity contribution in [1.82, 2.24) is 0 Å². The first-order chi connectivity index (χ1) is 2.00. The highest BCUT2D eigenvalue weighted by Gasteiger charge is 0.885. The van der Waals surface area contributed by atoms with Crippen LogP contribution in [0.2, 0.25) is 0 Å². The van der Waals surface area contributed by atoms with Crippen molar-refractivity contribution >= 4 is 30.1 Å². The second-order valence-corrected chi connectivity index (χ2v) is 0. The van der Waals surface area contributed by atoms with Gasteiger partial charge in [0.2, 0.25) is 0 Å². The Morgan fingerprint density at radius 3 is 1.25 bits per heavy atom. The molecule has 0 spiro atoms. The average Bonchev–Trinajstić information content (AvgIpc) is 1.50. The summed E-state index contributed by atoms with van der Waals surface area (Å²) in [5.41, 5.74) is 0. The molecule has 0 amide bonds. The lowest BCUT2D eigenvalue weighted by molar-refractivity contribution is -0.0979. The summed E-state index contributed by atoms with van der Waals surface area (Å²) in [6.07, 6.45) is 0. The largest absolute Gasteiger partial charge is 0.307 e. The summed E-state index contributed by atoms with van der Waals surface area (Å²) >= 11 is 6.44. The zero-order chi connectivity index (χ0) is 4.00. The average molecular weight is 96.2 g/mol. The Kier molecular flexibility index (Phi) is 305. The Bertz CT molecular complexity index is 6.00. The van der Waals surface area contributed by atoms with E-state index in [1.165, 1.54) is 0 Å². The SMILES string of the molecule is C=O.SS. The third-order valence-electron chi connectivity index (χ3n) is 0. The first-order valence-electron chi connectivity index (χ1n) is 0.489. The number of carbonyl (C=O) groups is 1. The molecule has 0 heterocycles. The molecule has 0 radical (unpaired) electrons. The fourth-order valence-electron chi connectivity index (χ4n) is 0. The maximum Gasteiger partial charge on any atom is 0.106 e. The molecule has 0 rings (SSSR count). The summed E-state index contributed by atoms with van der Waals surface area (Å²) in [5, 5.41) is 0. The molecule has 4 heavy (non-hydrogen) atoms. The zero-order valence-corrected chi connectivity index (χ0v) is 3.80. The van der Waals surface area contributed by atoms with Crippen molar-refractivity contribution in [3.8, 4) is 0 Å². The summed E-state index contributed by atoms with van der Waals surface area (Å²) in [6.45, 7) is 2.00. The number of hydrogen-bond donors (Lipinski definition) is 2. The predicted octanol–water partition coefficient (Wildman–Crippen LogP) is 0.576. The molecule has 0 fully saturated rings. The highest BCUT2D eigenvalue weighted by Crippen LogP contribution is 1.65. The summed E-state index contributed by atoms with van der Waals surface area (Å²) in [5.74, 6) is 0. The monoisotopic (exact) mass is 96.0 g/mol. The minimum atomic E-state index is 2.00. The van der Waals surface area contributed by atoms with Crippen molar-refractivity contribution in [3.05, 3.63) is 0 Å². The van der Waals surface area contributed by atoms with Crippen molar-refractivity contribution in [2.24, 2.45) is 0 Å². The summed E-state index contributed by atoms with van der Waals surface area (Å²) in [4.78, 5) is 8.00. The Hall–Kier alpha value is 0.370. The number of rotatable bonds is 0. The van der Waals surface area contributed by atoms with Gasteiger partial charge in [-0.25, -0.2) is 0 Å². The van der Waals surface area contributed by atoms with Crippen LogP contribution >= 0.6 is 23.3 Å². The smallest absolute Gasteiger partial charge is 0.106 e. The van der Waals surface area contributed by atoms with Crippen LogP contribution in [0.3, 0.4) is 0 Å². The first kappa shape index (κ1) is 8.84. The van der Waals surface area contributed by atoms with Crippen molar-refractivity contribution in [1.29, 1.82) is 0 Å². The van der Waals surface area contributed by atoms with Gasteiger partial charge in [0.05, 0.1) is 0 Å². The van der Waals surface area contributed by atoms with Crippen LogP contribution < -0.4 is 0 Å². The van der Waals surface area contributed by atoms with E-state index in [0.717, 1.165) is 0 Å². The van der Waals surface area contributed by atoms with E-state index in [9.17, 15) is 0 Å². The zero-order valence-electron chi connectivity index (χ0n) is 2.01. The minimum Gasteiger partial charge on any atom is -0.307 e. The van der Waals surface area contributed by atoms with Gasteiger partial charge in [-0.15, -0.1) is 23.3 Å². The van der Waals surface area contributed by atoms with E-state index in [1.807, 2.05) is 6.79 Å². The molecule has 0 aromatic heterocycles. The van der Waals surface area contributed by atoms with Gasteiger partial charge in [0, 0.05) is 0 Å². The van der Waals surface area contributed by atoms with Crippen LogP contribution in [0.1, 0.15) is 0 Å². The van der Waals surface area contributed by atoms with E-state index in [0.29, 0.717) is 0 Å². The minimum absolute atomic E-state index is 2.00. The van der Waals surface area contributed by atoms with Crippen LogP contribution in [0.5, 0.6) is 0 Å². The fourth-order valence-corrected chi connectivity index (χ4v) is 0. The van der Waals surface area contributed by atoms with Gasteiger partial charge in [0.25, 0.3) is 0 Å². The Balaban J connectivity index is 0. The molecular weight excluding hydrogens is 92.1 g/mol. The topological polar surface area (TPSA) is 17.1 Å². The van der Waals surface area contributed by atoms with Crippen LogP contribution in [-0.4, -0.2) is 6.79 Å². The quantitative estimate of drug-likeness (QED) is 0.333. The van der Waals surface area contributed by atoms with Gasteiger partial charge in [-0.2, -0.15) is 0 Å². The lowest BCUT2D eigenvalue weighted by Crippen LogP contribution is -0.925. The molecule has 0 aromatic rings. The maximum absolute atomic E-state index is 8.00. The number of carbonyl (C=O) groups excluding carboxylic acids is 1. The van der Waals surface area contributed by atoms with Crippen molar-refractivity contribution in [2.45, 2.75) is 0 Å². The van der Waals surface area contributed by atoms with Gasteiger partial charge in [0.15, 0.2) is 0 Å².